The van der Waals surface area contributed by atoms with Crippen LogP contribution in [0.2, 0.25) is 0 Å². The zero-order valence-corrected chi connectivity index (χ0v) is 29.1. The molecule has 8 nitrogen and oxygen atoms in total. The van der Waals surface area contributed by atoms with E-state index in [2.05, 4.69) is 36.7 Å². The van der Waals surface area contributed by atoms with E-state index in [1.54, 1.807) is 29.7 Å². The summed E-state index contributed by atoms with van der Waals surface area (Å²) in [6, 6.07) is 32.5. The fourth-order valence-electron chi connectivity index (χ4n) is 6.77. The van der Waals surface area contributed by atoms with Crippen molar-refractivity contribution in [2.24, 2.45) is 16.3 Å². The van der Waals surface area contributed by atoms with E-state index in [4.69, 9.17) is 9.41 Å². The van der Waals surface area contributed by atoms with Crippen LogP contribution < -0.4 is 5.32 Å². The predicted molar refractivity (Wildman–Crippen MR) is 200 cm³/mol. The van der Waals surface area contributed by atoms with Crippen LogP contribution in [0.25, 0.3) is 28.2 Å². The monoisotopic (exact) mass is 682 g/mol. The second-order valence-corrected chi connectivity index (χ2v) is 14.8. The molecule has 6 aromatic rings. The first-order valence-electron chi connectivity index (χ1n) is 16.8. The summed E-state index contributed by atoms with van der Waals surface area (Å²) in [5.41, 5.74) is 7.31. The third kappa shape index (κ3) is 6.69. The average molecular weight is 683 g/mol. The van der Waals surface area contributed by atoms with Crippen LogP contribution in [-0.2, 0) is 19.4 Å². The molecular weight excluding hydrogens is 645 g/mol. The van der Waals surface area contributed by atoms with E-state index in [-0.39, 0.29) is 21.9 Å². The fourth-order valence-corrected chi connectivity index (χ4v) is 8.03. The lowest BCUT2D eigenvalue weighted by Gasteiger charge is -2.33. The number of nitro groups is 1. The van der Waals surface area contributed by atoms with Gasteiger partial charge in [-0.2, -0.15) is 0 Å². The van der Waals surface area contributed by atoms with Gasteiger partial charge in [0.2, 0.25) is 0 Å². The Morgan fingerprint density at radius 1 is 1.00 bits per heavy atom. The number of furan rings is 1. The minimum atomic E-state index is -0.388. The first kappa shape index (κ1) is 33.0. The van der Waals surface area contributed by atoms with Crippen LogP contribution in [0.5, 0.6) is 0 Å². The number of fused-ring (bicyclic) bond motifs is 1. The molecule has 0 saturated carbocycles. The Morgan fingerprint density at radius 3 is 2.34 bits per heavy atom. The number of aliphatic imine (C=N–C) groups is 1. The van der Waals surface area contributed by atoms with Crippen LogP contribution in [0, 0.1) is 21.4 Å². The molecule has 7 rings (SSSR count). The third-order valence-corrected chi connectivity index (χ3v) is 10.7. The number of non-ortho nitro benzene ring substituents is 1. The van der Waals surface area contributed by atoms with Gasteiger partial charge in [0, 0.05) is 34.5 Å². The van der Waals surface area contributed by atoms with Gasteiger partial charge in [-0.1, -0.05) is 81.4 Å². The lowest BCUT2D eigenvalue weighted by molar-refractivity contribution is -0.384. The lowest BCUT2D eigenvalue weighted by Crippen LogP contribution is -2.28. The van der Waals surface area contributed by atoms with E-state index < -0.39 is 0 Å². The first-order chi connectivity index (χ1) is 24.2. The number of benzene rings is 3. The molecule has 1 amide bonds. The highest BCUT2D eigenvalue weighted by molar-refractivity contribution is 7.16. The third-order valence-electron chi connectivity index (χ3n) is 9.49. The zero-order valence-electron chi connectivity index (χ0n) is 28.3. The Labute approximate surface area is 295 Å². The number of nitrogens with zero attached hydrogens (tertiary/aromatic N) is 3. The van der Waals surface area contributed by atoms with Crippen molar-refractivity contribution < 1.29 is 14.1 Å². The normalized spacial score (nSPS) is 14.5. The maximum absolute atomic E-state index is 13.9. The summed E-state index contributed by atoms with van der Waals surface area (Å²) in [6.45, 7) is 7.16. The topological polar surface area (TPSA) is 103 Å². The molecule has 1 N–H and O–H groups in total. The van der Waals surface area contributed by atoms with Gasteiger partial charge < -0.3 is 14.3 Å². The van der Waals surface area contributed by atoms with Gasteiger partial charge in [0.25, 0.3) is 11.6 Å². The minimum absolute atomic E-state index is 0.0263. The molecular formula is C41H38N4O4S. The summed E-state index contributed by atoms with van der Waals surface area (Å²) < 4.78 is 7.61. The van der Waals surface area contributed by atoms with Crippen molar-refractivity contribution in [1.82, 2.24) is 9.88 Å². The molecule has 0 radical (unpaired) electrons. The van der Waals surface area contributed by atoms with Crippen LogP contribution in [0.15, 0.2) is 119 Å². The number of thiophene rings is 1. The highest BCUT2D eigenvalue weighted by atomic mass is 32.1. The van der Waals surface area contributed by atoms with Gasteiger partial charge in [-0.25, -0.2) is 4.99 Å². The Kier molecular flexibility index (Phi) is 9.08. The molecule has 1 aliphatic rings. The zero-order chi connectivity index (χ0) is 34.8. The number of nitrogens with one attached hydrogen (secondary N) is 1. The van der Waals surface area contributed by atoms with Gasteiger partial charge in [0.1, 0.15) is 10.8 Å². The molecule has 0 spiro atoms. The number of aromatic nitrogens is 1. The average Bonchev–Trinajstić information content (AvgIpc) is 3.87. The summed E-state index contributed by atoms with van der Waals surface area (Å²) in [5, 5.41) is 15.3. The van der Waals surface area contributed by atoms with Gasteiger partial charge in [-0.15, -0.1) is 11.3 Å². The summed E-state index contributed by atoms with van der Waals surface area (Å²) in [6.07, 6.45) is 6.23. The number of rotatable bonds is 9. The number of hydrogen-bond donors (Lipinski definition) is 1. The van der Waals surface area contributed by atoms with Crippen LogP contribution in [-0.4, -0.2) is 21.6 Å². The second kappa shape index (κ2) is 13.8. The Hall–Kier alpha value is -5.54. The Balaban J connectivity index is 1.37. The molecule has 0 aliphatic heterocycles. The molecule has 3 aromatic carbocycles. The van der Waals surface area contributed by atoms with E-state index in [1.165, 1.54) is 17.0 Å². The summed E-state index contributed by atoms with van der Waals surface area (Å²) in [7, 11) is 0. The summed E-state index contributed by atoms with van der Waals surface area (Å²) in [5.74, 6) is 1.05. The standard InChI is InChI=1S/C41H38N4O4S/c1-41(2,3)30-16-21-34-36(24-30)50-40(37(34)39(46)42-26-33-15-10-22-49-33)43-25-29-23-35(27-11-6-4-7-12-27)44(38(29)28-13-8-5-9-14-28)31-17-19-32(20-18-31)45(47)48/h4-15,17-20,22-23,25,30H,16,21,24,26H2,1-3H3,(H,42,46)/t30-/m1/s1. The fraction of sp³-hybridized carbons (Fsp3) is 0.220. The number of hydrogen-bond acceptors (Lipinski definition) is 6. The minimum Gasteiger partial charge on any atom is -0.467 e. The maximum atomic E-state index is 13.9. The highest BCUT2D eigenvalue weighted by Crippen LogP contribution is 2.45. The van der Waals surface area contributed by atoms with E-state index in [1.807, 2.05) is 79.0 Å². The number of carbonyl (C=O) groups is 1. The molecule has 3 aromatic heterocycles. The van der Waals surface area contributed by atoms with Crippen LogP contribution in [0.1, 0.15) is 59.3 Å². The maximum Gasteiger partial charge on any atom is 0.269 e. The molecule has 0 bridgehead atoms. The number of amides is 1. The molecule has 1 aliphatic carbocycles. The van der Waals surface area contributed by atoms with Crippen LogP contribution in [0.4, 0.5) is 10.7 Å². The lowest BCUT2D eigenvalue weighted by atomic mass is 9.72. The molecule has 9 heteroatoms. The second-order valence-electron chi connectivity index (χ2n) is 13.7. The quantitative estimate of drug-likeness (QED) is 0.0931. The van der Waals surface area contributed by atoms with E-state index in [0.717, 1.165) is 58.6 Å². The van der Waals surface area contributed by atoms with E-state index >= 15 is 0 Å². The molecule has 3 heterocycles. The van der Waals surface area contributed by atoms with Crippen molar-refractivity contribution in [2.75, 3.05) is 0 Å². The van der Waals surface area contributed by atoms with Crippen molar-refractivity contribution in [1.29, 1.82) is 0 Å². The molecule has 0 unspecified atom stereocenters. The largest absolute Gasteiger partial charge is 0.467 e. The molecule has 0 fully saturated rings. The molecule has 0 saturated heterocycles. The molecule has 252 valence electrons. The van der Waals surface area contributed by atoms with Gasteiger partial charge in [0.05, 0.1) is 34.7 Å². The van der Waals surface area contributed by atoms with Crippen molar-refractivity contribution in [2.45, 2.75) is 46.6 Å². The highest BCUT2D eigenvalue weighted by Gasteiger charge is 2.34. The van der Waals surface area contributed by atoms with Crippen molar-refractivity contribution in [3.05, 3.63) is 147 Å². The summed E-state index contributed by atoms with van der Waals surface area (Å²) in [4.78, 5) is 31.4. The Morgan fingerprint density at radius 2 is 1.70 bits per heavy atom. The first-order valence-corrected chi connectivity index (χ1v) is 17.6. The van der Waals surface area contributed by atoms with Gasteiger partial charge >= 0.3 is 0 Å². The predicted octanol–water partition coefficient (Wildman–Crippen LogP) is 10.2. The SMILES string of the molecule is CC(C)(C)[C@@H]1CCc2c(sc(N=Cc3cc(-c4ccccc4)n(-c4ccc([N+](=O)[O-])cc4)c3-c3ccccc3)c2C(=O)NCc2ccco2)C1. The van der Waals surface area contributed by atoms with Gasteiger partial charge in [-0.05, 0) is 77.6 Å². The van der Waals surface area contributed by atoms with Crippen molar-refractivity contribution >= 4 is 34.1 Å². The van der Waals surface area contributed by atoms with Crippen molar-refractivity contribution in [3.63, 3.8) is 0 Å². The summed E-state index contributed by atoms with van der Waals surface area (Å²) >= 11 is 1.61. The van der Waals surface area contributed by atoms with E-state index in [9.17, 15) is 14.9 Å². The van der Waals surface area contributed by atoms with E-state index in [0.29, 0.717) is 28.8 Å². The van der Waals surface area contributed by atoms with Crippen molar-refractivity contribution in [3.8, 4) is 28.2 Å². The molecule has 1 atom stereocenters. The Bertz CT molecular complexity index is 2160. The number of nitro benzene ring substituents is 1. The van der Waals surface area contributed by atoms with Crippen LogP contribution in [0.3, 0.4) is 0 Å². The van der Waals surface area contributed by atoms with Gasteiger partial charge in [0.15, 0.2) is 0 Å². The van der Waals surface area contributed by atoms with Crippen LogP contribution >= 0.6 is 11.3 Å². The van der Waals surface area contributed by atoms with Gasteiger partial charge in [-0.3, -0.25) is 14.9 Å². The smallest absolute Gasteiger partial charge is 0.269 e. The number of carbonyl (C=O) groups excluding carboxylic acids is 1. The molecule has 50 heavy (non-hydrogen) atoms.